The Morgan fingerprint density at radius 1 is 1.20 bits per heavy atom. The predicted octanol–water partition coefficient (Wildman–Crippen LogP) is 3.52. The van der Waals surface area contributed by atoms with Crippen LogP contribution in [-0.4, -0.2) is 31.9 Å². The fourth-order valence-electron chi connectivity index (χ4n) is 2.29. The second-order valence-corrected chi connectivity index (χ2v) is 5.85. The summed E-state index contributed by atoms with van der Waals surface area (Å²) in [6.45, 7) is 1.87. The molecule has 1 atom stereocenters. The first-order chi connectivity index (χ1) is 11.9. The highest BCUT2D eigenvalue weighted by atomic mass is 35.5. The molecule has 0 aliphatic rings. The van der Waals surface area contributed by atoms with Crippen molar-refractivity contribution in [1.82, 2.24) is 5.32 Å². The van der Waals surface area contributed by atoms with E-state index in [1.54, 1.807) is 30.3 Å². The molecule has 6 nitrogen and oxygen atoms in total. The number of hydrogen-bond donors (Lipinski definition) is 3. The van der Waals surface area contributed by atoms with Gasteiger partial charge in [0, 0.05) is 22.8 Å². The second-order valence-electron chi connectivity index (χ2n) is 5.42. The molecule has 0 radical (unpaired) electrons. The van der Waals surface area contributed by atoms with E-state index < -0.39 is 12.1 Å². The van der Waals surface area contributed by atoms with Crippen LogP contribution in [0.5, 0.6) is 11.5 Å². The van der Waals surface area contributed by atoms with E-state index in [0.717, 1.165) is 5.56 Å². The summed E-state index contributed by atoms with van der Waals surface area (Å²) < 4.78 is 10.4. The van der Waals surface area contributed by atoms with E-state index in [1.807, 2.05) is 13.0 Å². The zero-order valence-corrected chi connectivity index (χ0v) is 15.1. The van der Waals surface area contributed by atoms with Crippen molar-refractivity contribution in [3.63, 3.8) is 0 Å². The van der Waals surface area contributed by atoms with Crippen LogP contribution in [0.25, 0.3) is 0 Å². The molecule has 2 amide bonds. The van der Waals surface area contributed by atoms with Crippen LogP contribution in [0.15, 0.2) is 36.4 Å². The summed E-state index contributed by atoms with van der Waals surface area (Å²) in [6, 6.07) is 9.89. The SMILES string of the molecule is COc1ccc(OC)c(C(O)CNC(=O)Nc2cc(Cl)ccc2C)c1. The number of urea groups is 1. The molecule has 2 aromatic carbocycles. The fraction of sp³-hybridized carbons (Fsp3) is 0.278. The van der Waals surface area contributed by atoms with Crippen molar-refractivity contribution in [3.8, 4) is 11.5 Å². The smallest absolute Gasteiger partial charge is 0.319 e. The number of halogens is 1. The number of rotatable bonds is 6. The minimum Gasteiger partial charge on any atom is -0.497 e. The van der Waals surface area contributed by atoms with Gasteiger partial charge in [0.2, 0.25) is 0 Å². The molecule has 2 rings (SSSR count). The molecule has 0 aromatic heterocycles. The molecular formula is C18H21ClN2O4. The minimum atomic E-state index is -0.948. The number of aliphatic hydroxyl groups is 1. The quantitative estimate of drug-likeness (QED) is 0.732. The van der Waals surface area contributed by atoms with Crippen LogP contribution in [0.2, 0.25) is 5.02 Å². The number of benzene rings is 2. The van der Waals surface area contributed by atoms with Crippen molar-refractivity contribution >= 4 is 23.3 Å². The van der Waals surface area contributed by atoms with Crippen molar-refractivity contribution in [1.29, 1.82) is 0 Å². The molecule has 0 saturated carbocycles. The molecule has 0 bridgehead atoms. The first-order valence-electron chi connectivity index (χ1n) is 7.65. The van der Waals surface area contributed by atoms with E-state index >= 15 is 0 Å². The Morgan fingerprint density at radius 2 is 1.96 bits per heavy atom. The Hall–Kier alpha value is -2.44. The largest absolute Gasteiger partial charge is 0.497 e. The number of ether oxygens (including phenoxy) is 2. The van der Waals surface area contributed by atoms with Crippen molar-refractivity contribution < 1.29 is 19.4 Å². The van der Waals surface area contributed by atoms with Crippen LogP contribution >= 0.6 is 11.6 Å². The second kappa shape index (κ2) is 8.60. The average molecular weight is 365 g/mol. The van der Waals surface area contributed by atoms with E-state index in [9.17, 15) is 9.90 Å². The predicted molar refractivity (Wildman–Crippen MR) is 97.7 cm³/mol. The summed E-state index contributed by atoms with van der Waals surface area (Å²) in [5, 5.41) is 16.2. The topological polar surface area (TPSA) is 79.8 Å². The molecule has 134 valence electrons. The molecule has 0 aliphatic heterocycles. The highest BCUT2D eigenvalue weighted by Crippen LogP contribution is 2.29. The Labute approximate surface area is 151 Å². The maximum Gasteiger partial charge on any atom is 0.319 e. The van der Waals surface area contributed by atoms with Crippen LogP contribution < -0.4 is 20.1 Å². The molecule has 0 spiro atoms. The fourth-order valence-corrected chi connectivity index (χ4v) is 2.47. The van der Waals surface area contributed by atoms with Gasteiger partial charge in [-0.3, -0.25) is 0 Å². The summed E-state index contributed by atoms with van der Waals surface area (Å²) in [4.78, 5) is 12.1. The standard InChI is InChI=1S/C18H21ClN2O4/c1-11-4-5-12(19)8-15(11)21-18(23)20-10-16(22)14-9-13(24-2)6-7-17(14)25-3/h4-9,16,22H,10H2,1-3H3,(H2,20,21,23). The van der Waals surface area contributed by atoms with E-state index in [2.05, 4.69) is 10.6 Å². The van der Waals surface area contributed by atoms with Crippen LogP contribution in [0.3, 0.4) is 0 Å². The average Bonchev–Trinajstić information content (AvgIpc) is 2.62. The zero-order valence-electron chi connectivity index (χ0n) is 14.3. The number of carbonyl (C=O) groups excluding carboxylic acids is 1. The van der Waals surface area contributed by atoms with E-state index in [1.165, 1.54) is 14.2 Å². The Kier molecular flexibility index (Phi) is 6.50. The Morgan fingerprint density at radius 3 is 2.64 bits per heavy atom. The molecule has 0 aliphatic carbocycles. The summed E-state index contributed by atoms with van der Waals surface area (Å²) >= 11 is 5.93. The van der Waals surface area contributed by atoms with Gasteiger partial charge in [0.25, 0.3) is 0 Å². The van der Waals surface area contributed by atoms with Gasteiger partial charge in [0.05, 0.1) is 14.2 Å². The van der Waals surface area contributed by atoms with Crippen molar-refractivity contribution in [2.45, 2.75) is 13.0 Å². The molecule has 7 heteroatoms. The summed E-state index contributed by atoms with van der Waals surface area (Å²) in [7, 11) is 3.05. The Balaban J connectivity index is 2.00. The number of aliphatic hydroxyl groups excluding tert-OH is 1. The zero-order chi connectivity index (χ0) is 18.4. The molecule has 0 heterocycles. The summed E-state index contributed by atoms with van der Waals surface area (Å²) in [6.07, 6.45) is -0.948. The molecular weight excluding hydrogens is 344 g/mol. The van der Waals surface area contributed by atoms with Gasteiger partial charge in [-0.15, -0.1) is 0 Å². The van der Waals surface area contributed by atoms with Crippen molar-refractivity contribution in [3.05, 3.63) is 52.5 Å². The van der Waals surface area contributed by atoms with Crippen molar-refractivity contribution in [2.75, 3.05) is 26.1 Å². The van der Waals surface area contributed by atoms with E-state index in [-0.39, 0.29) is 6.54 Å². The monoisotopic (exact) mass is 364 g/mol. The van der Waals surface area contributed by atoms with Gasteiger partial charge in [-0.2, -0.15) is 0 Å². The number of methoxy groups -OCH3 is 2. The normalized spacial score (nSPS) is 11.6. The van der Waals surface area contributed by atoms with Gasteiger partial charge < -0.3 is 25.2 Å². The molecule has 1 unspecified atom stereocenters. The lowest BCUT2D eigenvalue weighted by Crippen LogP contribution is -2.32. The van der Waals surface area contributed by atoms with Crippen LogP contribution in [-0.2, 0) is 0 Å². The third kappa shape index (κ3) is 5.01. The highest BCUT2D eigenvalue weighted by Gasteiger charge is 2.16. The van der Waals surface area contributed by atoms with Crippen molar-refractivity contribution in [2.24, 2.45) is 0 Å². The molecule has 2 aromatic rings. The van der Waals surface area contributed by atoms with E-state index in [0.29, 0.717) is 27.8 Å². The lowest BCUT2D eigenvalue weighted by molar-refractivity contribution is 0.170. The number of aryl methyl sites for hydroxylation is 1. The van der Waals surface area contributed by atoms with Gasteiger partial charge in [-0.1, -0.05) is 17.7 Å². The summed E-state index contributed by atoms with van der Waals surface area (Å²) in [5.74, 6) is 1.11. The van der Waals surface area contributed by atoms with Gasteiger partial charge >= 0.3 is 6.03 Å². The third-order valence-corrected chi connectivity index (χ3v) is 3.93. The molecule has 25 heavy (non-hydrogen) atoms. The molecule has 3 N–H and O–H groups in total. The number of carbonyl (C=O) groups is 1. The number of anilines is 1. The summed E-state index contributed by atoms with van der Waals surface area (Å²) in [5.41, 5.74) is 2.02. The van der Waals surface area contributed by atoms with Gasteiger partial charge in [-0.25, -0.2) is 4.79 Å². The lowest BCUT2D eigenvalue weighted by atomic mass is 10.1. The Bertz CT molecular complexity index is 752. The number of amides is 2. The number of hydrogen-bond acceptors (Lipinski definition) is 4. The maximum absolute atomic E-state index is 12.1. The first kappa shape index (κ1) is 18.9. The molecule has 0 fully saturated rings. The maximum atomic E-state index is 12.1. The first-order valence-corrected chi connectivity index (χ1v) is 8.03. The van der Waals surface area contributed by atoms with Crippen LogP contribution in [0.1, 0.15) is 17.2 Å². The van der Waals surface area contributed by atoms with Gasteiger partial charge in [-0.05, 0) is 42.8 Å². The van der Waals surface area contributed by atoms with Crippen LogP contribution in [0, 0.1) is 6.92 Å². The van der Waals surface area contributed by atoms with E-state index in [4.69, 9.17) is 21.1 Å². The number of nitrogens with one attached hydrogen (secondary N) is 2. The molecule has 0 saturated heterocycles. The third-order valence-electron chi connectivity index (χ3n) is 3.70. The lowest BCUT2D eigenvalue weighted by Gasteiger charge is -2.17. The highest BCUT2D eigenvalue weighted by molar-refractivity contribution is 6.31. The van der Waals surface area contributed by atoms with Gasteiger partial charge in [0.1, 0.15) is 17.6 Å². The van der Waals surface area contributed by atoms with Gasteiger partial charge in [0.15, 0.2) is 0 Å². The minimum absolute atomic E-state index is 0.00890. The van der Waals surface area contributed by atoms with Crippen LogP contribution in [0.4, 0.5) is 10.5 Å².